The maximum absolute atomic E-state index is 6.03. The third kappa shape index (κ3) is 6.50. The number of nitrogens with one attached hydrogen (secondary N) is 1. The number of guanidine groups is 1. The summed E-state index contributed by atoms with van der Waals surface area (Å²) in [6.07, 6.45) is 2.57. The Bertz CT molecular complexity index is 581. The Morgan fingerprint density at radius 2 is 2.04 bits per heavy atom. The van der Waals surface area contributed by atoms with Gasteiger partial charge in [0.1, 0.15) is 0 Å². The quantitative estimate of drug-likeness (QED) is 0.359. The summed E-state index contributed by atoms with van der Waals surface area (Å²) < 4.78 is 16.5. The molecule has 26 heavy (non-hydrogen) atoms. The number of ether oxygens (including phenoxy) is 3. The number of rotatable bonds is 7. The van der Waals surface area contributed by atoms with E-state index in [-0.39, 0.29) is 24.0 Å². The molecule has 0 radical (unpaired) electrons. The third-order valence-electron chi connectivity index (χ3n) is 4.58. The Labute approximate surface area is 173 Å². The van der Waals surface area contributed by atoms with Gasteiger partial charge < -0.3 is 25.3 Å². The molecule has 1 fully saturated rings. The number of benzene rings is 1. The molecule has 148 valence electrons. The van der Waals surface area contributed by atoms with Crippen LogP contribution in [-0.4, -0.2) is 39.4 Å². The van der Waals surface area contributed by atoms with Crippen molar-refractivity contribution < 1.29 is 14.2 Å². The highest BCUT2D eigenvalue weighted by Crippen LogP contribution is 2.28. The van der Waals surface area contributed by atoms with E-state index in [0.717, 1.165) is 25.1 Å². The van der Waals surface area contributed by atoms with Gasteiger partial charge in [-0.3, -0.25) is 0 Å². The summed E-state index contributed by atoms with van der Waals surface area (Å²) in [4.78, 5) is 4.43. The van der Waals surface area contributed by atoms with Crippen molar-refractivity contribution >= 4 is 29.9 Å². The lowest BCUT2D eigenvalue weighted by Crippen LogP contribution is -2.43. The minimum Gasteiger partial charge on any atom is -0.493 e. The molecule has 1 aliphatic heterocycles. The van der Waals surface area contributed by atoms with Crippen LogP contribution in [0.3, 0.4) is 0 Å². The topological polar surface area (TPSA) is 78.1 Å². The number of aliphatic imine (C=N–C) groups is 1. The zero-order valence-electron chi connectivity index (χ0n) is 16.2. The highest BCUT2D eigenvalue weighted by Gasteiger charge is 2.28. The summed E-state index contributed by atoms with van der Waals surface area (Å²) in [6.45, 7) is 6.56. The fourth-order valence-corrected chi connectivity index (χ4v) is 3.27. The van der Waals surface area contributed by atoms with Crippen LogP contribution >= 0.6 is 24.0 Å². The van der Waals surface area contributed by atoms with E-state index in [4.69, 9.17) is 19.9 Å². The maximum Gasteiger partial charge on any atom is 0.188 e. The van der Waals surface area contributed by atoms with Crippen molar-refractivity contribution in [2.75, 3.05) is 27.4 Å². The number of nitrogens with two attached hydrogens (primary N) is 1. The van der Waals surface area contributed by atoms with Crippen LogP contribution in [0.4, 0.5) is 0 Å². The minimum atomic E-state index is 0. The fraction of sp³-hybridized carbons (Fsp3) is 0.632. The van der Waals surface area contributed by atoms with Crippen LogP contribution in [0.5, 0.6) is 11.5 Å². The van der Waals surface area contributed by atoms with Crippen LogP contribution in [0.25, 0.3) is 0 Å². The summed E-state index contributed by atoms with van der Waals surface area (Å²) in [6, 6.07) is 5.75. The predicted molar refractivity (Wildman–Crippen MR) is 116 cm³/mol. The molecule has 3 N–H and O–H groups in total. The average molecular weight is 477 g/mol. The Balaban J connectivity index is 0.00000338. The van der Waals surface area contributed by atoms with Crippen LogP contribution in [0.2, 0.25) is 0 Å². The molecular formula is C19H32IN3O3. The van der Waals surface area contributed by atoms with Gasteiger partial charge in [-0.25, -0.2) is 4.99 Å². The molecule has 2 unspecified atom stereocenters. The Morgan fingerprint density at radius 3 is 2.69 bits per heavy atom. The first-order chi connectivity index (χ1) is 12.0. The van der Waals surface area contributed by atoms with Crippen molar-refractivity contribution in [2.24, 2.45) is 22.6 Å². The van der Waals surface area contributed by atoms with Gasteiger partial charge in [-0.2, -0.15) is 0 Å². The van der Waals surface area contributed by atoms with Gasteiger partial charge in [-0.05, 0) is 36.5 Å². The largest absolute Gasteiger partial charge is 0.493 e. The van der Waals surface area contributed by atoms with Crippen molar-refractivity contribution in [3.63, 3.8) is 0 Å². The summed E-state index contributed by atoms with van der Waals surface area (Å²) >= 11 is 0. The monoisotopic (exact) mass is 477 g/mol. The number of halogens is 1. The van der Waals surface area contributed by atoms with E-state index in [2.05, 4.69) is 24.2 Å². The van der Waals surface area contributed by atoms with E-state index < -0.39 is 0 Å². The second kappa shape index (κ2) is 11.5. The summed E-state index contributed by atoms with van der Waals surface area (Å²) in [5, 5.41) is 3.25. The van der Waals surface area contributed by atoms with Gasteiger partial charge in [0.05, 0.1) is 26.9 Å². The molecule has 0 spiro atoms. The molecule has 0 amide bonds. The van der Waals surface area contributed by atoms with Crippen molar-refractivity contribution in [3.8, 4) is 11.5 Å². The van der Waals surface area contributed by atoms with Gasteiger partial charge >= 0.3 is 0 Å². The van der Waals surface area contributed by atoms with Gasteiger partial charge in [0, 0.05) is 19.1 Å². The average Bonchev–Trinajstić information content (AvgIpc) is 2.64. The van der Waals surface area contributed by atoms with Gasteiger partial charge in [-0.15, -0.1) is 24.0 Å². The third-order valence-corrected chi connectivity index (χ3v) is 4.58. The lowest BCUT2D eigenvalue weighted by Gasteiger charge is -2.34. The van der Waals surface area contributed by atoms with Gasteiger partial charge in [-0.1, -0.05) is 19.9 Å². The molecule has 1 saturated heterocycles. The molecule has 1 heterocycles. The normalized spacial score (nSPS) is 20.4. The molecule has 2 rings (SSSR count). The highest BCUT2D eigenvalue weighted by atomic mass is 127. The lowest BCUT2D eigenvalue weighted by molar-refractivity contribution is -0.0504. The minimum absolute atomic E-state index is 0. The molecule has 1 aromatic carbocycles. The fourth-order valence-electron chi connectivity index (χ4n) is 3.27. The first-order valence-corrected chi connectivity index (χ1v) is 8.91. The second-order valence-electron chi connectivity index (χ2n) is 6.75. The molecular weight excluding hydrogens is 445 g/mol. The predicted octanol–water partition coefficient (Wildman–Crippen LogP) is 3.18. The SMILES string of the molecule is COc1ccc(CN=C(N)NCC2CCCOC2C(C)C)cc1OC.I. The summed E-state index contributed by atoms with van der Waals surface area (Å²) in [7, 11) is 3.25. The molecule has 2 atom stereocenters. The van der Waals surface area contributed by atoms with E-state index in [1.54, 1.807) is 14.2 Å². The van der Waals surface area contributed by atoms with E-state index in [1.807, 2.05) is 18.2 Å². The lowest BCUT2D eigenvalue weighted by atomic mass is 9.87. The smallest absolute Gasteiger partial charge is 0.188 e. The molecule has 7 heteroatoms. The van der Waals surface area contributed by atoms with E-state index >= 15 is 0 Å². The van der Waals surface area contributed by atoms with Gasteiger partial charge in [0.15, 0.2) is 17.5 Å². The Hall–Kier alpha value is -1.22. The van der Waals surface area contributed by atoms with E-state index in [9.17, 15) is 0 Å². The van der Waals surface area contributed by atoms with Crippen molar-refractivity contribution in [2.45, 2.75) is 39.3 Å². The van der Waals surface area contributed by atoms with Crippen molar-refractivity contribution in [1.82, 2.24) is 5.32 Å². The van der Waals surface area contributed by atoms with Crippen molar-refractivity contribution in [1.29, 1.82) is 0 Å². The molecule has 0 saturated carbocycles. The van der Waals surface area contributed by atoms with Gasteiger partial charge in [0.25, 0.3) is 0 Å². The number of hydrogen-bond acceptors (Lipinski definition) is 4. The standard InChI is InChI=1S/C19H31N3O3.HI/c1-13(2)18-15(6-5-9-25-18)12-22-19(20)21-11-14-7-8-16(23-3)17(10-14)24-4;/h7-8,10,13,15,18H,5-6,9,11-12H2,1-4H3,(H3,20,21,22);1H. The van der Waals surface area contributed by atoms with E-state index in [0.29, 0.717) is 41.9 Å². The van der Waals surface area contributed by atoms with Crippen LogP contribution in [0.15, 0.2) is 23.2 Å². The summed E-state index contributed by atoms with van der Waals surface area (Å²) in [5.41, 5.74) is 7.05. The van der Waals surface area contributed by atoms with Crippen molar-refractivity contribution in [3.05, 3.63) is 23.8 Å². The molecule has 0 bridgehead atoms. The maximum atomic E-state index is 6.03. The van der Waals surface area contributed by atoms with E-state index in [1.165, 1.54) is 6.42 Å². The zero-order chi connectivity index (χ0) is 18.2. The van der Waals surface area contributed by atoms with Crippen LogP contribution < -0.4 is 20.5 Å². The first kappa shape index (κ1) is 22.8. The number of nitrogens with zero attached hydrogens (tertiary/aromatic N) is 1. The molecule has 0 aromatic heterocycles. The number of methoxy groups -OCH3 is 2. The second-order valence-corrected chi connectivity index (χ2v) is 6.75. The van der Waals surface area contributed by atoms with Gasteiger partial charge in [0.2, 0.25) is 0 Å². The highest BCUT2D eigenvalue weighted by molar-refractivity contribution is 14.0. The molecule has 0 aliphatic carbocycles. The zero-order valence-corrected chi connectivity index (χ0v) is 18.5. The Morgan fingerprint density at radius 1 is 1.31 bits per heavy atom. The molecule has 6 nitrogen and oxygen atoms in total. The molecule has 1 aromatic rings. The van der Waals surface area contributed by atoms with Crippen LogP contribution in [0, 0.1) is 11.8 Å². The van der Waals surface area contributed by atoms with Crippen LogP contribution in [-0.2, 0) is 11.3 Å². The van der Waals surface area contributed by atoms with Crippen LogP contribution in [0.1, 0.15) is 32.3 Å². The number of hydrogen-bond donors (Lipinski definition) is 2. The molecule has 1 aliphatic rings. The first-order valence-electron chi connectivity index (χ1n) is 8.91. The summed E-state index contributed by atoms with van der Waals surface area (Å²) in [5.74, 6) is 2.85. The Kier molecular flexibility index (Phi) is 10.1.